The Bertz CT molecular complexity index is 415. The molecule has 0 saturated carbocycles. The van der Waals surface area contributed by atoms with Crippen molar-refractivity contribution in [2.24, 2.45) is 11.7 Å². The van der Waals surface area contributed by atoms with Crippen LogP contribution in [0.4, 0.5) is 4.79 Å². The van der Waals surface area contributed by atoms with E-state index in [0.29, 0.717) is 44.7 Å². The molecule has 0 aromatic rings. The highest BCUT2D eigenvalue weighted by molar-refractivity contribution is 5.88. The van der Waals surface area contributed by atoms with E-state index in [1.54, 1.807) is 0 Å². The molecule has 0 fully saturated rings. The highest BCUT2D eigenvalue weighted by atomic mass is 16.4. The molecular formula is C17H34N4O4. The standard InChI is InChI=1S/C17H34N4O4/c1-4-7-13(15(22)19-11-9-12(2)3)20-17(25)21-14(16(23)24)8-5-6-10-18/h12-14H,4-11,18H2,1-3H3,(H,19,22)(H,23,24)(H2,20,21,25)/t13-,14+/m1/s1. The fraction of sp³-hybridized carbons (Fsp3) is 0.824. The molecule has 0 bridgehead atoms. The maximum Gasteiger partial charge on any atom is 0.326 e. The van der Waals surface area contributed by atoms with Gasteiger partial charge in [0.2, 0.25) is 5.91 Å². The summed E-state index contributed by atoms with van der Waals surface area (Å²) in [6.07, 6.45) is 3.69. The lowest BCUT2D eigenvalue weighted by atomic mass is 10.1. The van der Waals surface area contributed by atoms with Crippen LogP contribution in [-0.4, -0.2) is 48.2 Å². The summed E-state index contributed by atoms with van der Waals surface area (Å²) in [6, 6.07) is -2.30. The van der Waals surface area contributed by atoms with E-state index in [9.17, 15) is 19.5 Å². The van der Waals surface area contributed by atoms with Crippen molar-refractivity contribution < 1.29 is 19.5 Å². The lowest BCUT2D eigenvalue weighted by Crippen LogP contribution is -2.53. The van der Waals surface area contributed by atoms with Crippen LogP contribution in [0, 0.1) is 5.92 Å². The van der Waals surface area contributed by atoms with Gasteiger partial charge in [-0.15, -0.1) is 0 Å². The Hall–Kier alpha value is -1.83. The summed E-state index contributed by atoms with van der Waals surface area (Å²) < 4.78 is 0. The van der Waals surface area contributed by atoms with Crippen molar-refractivity contribution in [3.8, 4) is 0 Å². The number of nitrogens with one attached hydrogen (secondary N) is 3. The second-order valence-electron chi connectivity index (χ2n) is 6.61. The molecule has 0 aromatic heterocycles. The molecule has 0 saturated heterocycles. The number of unbranched alkanes of at least 4 members (excludes halogenated alkanes) is 1. The van der Waals surface area contributed by atoms with E-state index in [1.807, 2.05) is 6.92 Å². The molecule has 2 atom stereocenters. The van der Waals surface area contributed by atoms with Crippen LogP contribution in [-0.2, 0) is 9.59 Å². The predicted molar refractivity (Wildman–Crippen MR) is 97.2 cm³/mol. The first-order valence-electron chi connectivity index (χ1n) is 9.09. The molecule has 0 radical (unpaired) electrons. The largest absolute Gasteiger partial charge is 0.480 e. The third-order valence-corrected chi connectivity index (χ3v) is 3.77. The minimum Gasteiger partial charge on any atom is -0.480 e. The summed E-state index contributed by atoms with van der Waals surface area (Å²) in [6.45, 7) is 7.08. The van der Waals surface area contributed by atoms with Crippen molar-refractivity contribution in [2.75, 3.05) is 13.1 Å². The Morgan fingerprint density at radius 2 is 1.64 bits per heavy atom. The summed E-state index contributed by atoms with van der Waals surface area (Å²) in [7, 11) is 0. The SMILES string of the molecule is CCC[C@@H](NC(=O)N[C@@H](CCCCN)C(=O)O)C(=O)NCCC(C)C. The minimum atomic E-state index is -1.10. The zero-order valence-corrected chi connectivity index (χ0v) is 15.6. The Balaban J connectivity index is 4.53. The average molecular weight is 358 g/mol. The molecule has 0 unspecified atom stereocenters. The Morgan fingerprint density at radius 1 is 1.00 bits per heavy atom. The monoisotopic (exact) mass is 358 g/mol. The summed E-state index contributed by atoms with van der Waals surface area (Å²) >= 11 is 0. The fourth-order valence-corrected chi connectivity index (χ4v) is 2.27. The molecule has 0 aliphatic rings. The van der Waals surface area contributed by atoms with Gasteiger partial charge in [0.15, 0.2) is 0 Å². The van der Waals surface area contributed by atoms with Crippen LogP contribution < -0.4 is 21.7 Å². The van der Waals surface area contributed by atoms with E-state index < -0.39 is 24.1 Å². The second kappa shape index (κ2) is 13.5. The van der Waals surface area contributed by atoms with Crippen molar-refractivity contribution in [1.82, 2.24) is 16.0 Å². The normalized spacial score (nSPS) is 13.2. The molecule has 25 heavy (non-hydrogen) atoms. The number of aliphatic carboxylic acids is 1. The third-order valence-electron chi connectivity index (χ3n) is 3.77. The average Bonchev–Trinajstić information content (AvgIpc) is 2.53. The lowest BCUT2D eigenvalue weighted by Gasteiger charge is -2.20. The van der Waals surface area contributed by atoms with E-state index >= 15 is 0 Å². The van der Waals surface area contributed by atoms with Gasteiger partial charge in [0.05, 0.1) is 0 Å². The number of carbonyl (C=O) groups is 3. The molecule has 6 N–H and O–H groups in total. The van der Waals surface area contributed by atoms with Gasteiger partial charge in [0.25, 0.3) is 0 Å². The molecule has 3 amide bonds. The zero-order valence-electron chi connectivity index (χ0n) is 15.6. The number of carboxylic acid groups (broad SMARTS) is 1. The van der Waals surface area contributed by atoms with Crippen molar-refractivity contribution >= 4 is 17.9 Å². The van der Waals surface area contributed by atoms with Gasteiger partial charge in [0.1, 0.15) is 12.1 Å². The lowest BCUT2D eigenvalue weighted by molar-refractivity contribution is -0.139. The summed E-state index contributed by atoms with van der Waals surface area (Å²) in [5.74, 6) is -0.862. The molecule has 0 aromatic carbocycles. The van der Waals surface area contributed by atoms with E-state index in [-0.39, 0.29) is 5.91 Å². The van der Waals surface area contributed by atoms with Gasteiger partial charge >= 0.3 is 12.0 Å². The first-order chi connectivity index (χ1) is 11.8. The van der Waals surface area contributed by atoms with E-state index in [2.05, 4.69) is 29.8 Å². The molecule has 0 aliphatic carbocycles. The van der Waals surface area contributed by atoms with Gasteiger partial charge in [-0.05, 0) is 44.6 Å². The fourth-order valence-electron chi connectivity index (χ4n) is 2.27. The molecule has 8 heteroatoms. The van der Waals surface area contributed by atoms with E-state index in [1.165, 1.54) is 0 Å². The highest BCUT2D eigenvalue weighted by Gasteiger charge is 2.23. The molecule has 0 heterocycles. The summed E-state index contributed by atoms with van der Waals surface area (Å²) in [5, 5.41) is 17.0. The number of urea groups is 1. The maximum atomic E-state index is 12.2. The van der Waals surface area contributed by atoms with Gasteiger partial charge < -0.3 is 26.8 Å². The van der Waals surface area contributed by atoms with Gasteiger partial charge in [-0.2, -0.15) is 0 Å². The van der Waals surface area contributed by atoms with Gasteiger partial charge in [-0.1, -0.05) is 27.2 Å². The number of rotatable bonds is 13. The van der Waals surface area contributed by atoms with Crippen molar-refractivity contribution in [3.05, 3.63) is 0 Å². The molecule has 0 rings (SSSR count). The number of carboxylic acids is 1. The van der Waals surface area contributed by atoms with Crippen molar-refractivity contribution in [2.45, 2.75) is 71.4 Å². The summed E-state index contributed by atoms with van der Waals surface area (Å²) in [4.78, 5) is 35.5. The van der Waals surface area contributed by atoms with Crippen LogP contribution in [0.2, 0.25) is 0 Å². The first-order valence-corrected chi connectivity index (χ1v) is 9.09. The third kappa shape index (κ3) is 11.4. The highest BCUT2D eigenvalue weighted by Crippen LogP contribution is 2.03. The van der Waals surface area contributed by atoms with Crippen LogP contribution >= 0.6 is 0 Å². The number of amides is 3. The van der Waals surface area contributed by atoms with Gasteiger partial charge in [-0.3, -0.25) is 4.79 Å². The number of nitrogens with two attached hydrogens (primary N) is 1. The molecule has 146 valence electrons. The number of hydrogen-bond acceptors (Lipinski definition) is 4. The number of carbonyl (C=O) groups excluding carboxylic acids is 2. The molecule has 8 nitrogen and oxygen atoms in total. The Morgan fingerprint density at radius 3 is 2.16 bits per heavy atom. The quantitative estimate of drug-likeness (QED) is 0.315. The summed E-state index contributed by atoms with van der Waals surface area (Å²) in [5.41, 5.74) is 5.39. The topological polar surface area (TPSA) is 134 Å². The van der Waals surface area contributed by atoms with Gasteiger partial charge in [0, 0.05) is 6.54 Å². The van der Waals surface area contributed by atoms with Crippen molar-refractivity contribution in [1.29, 1.82) is 0 Å². The van der Waals surface area contributed by atoms with Crippen LogP contribution in [0.25, 0.3) is 0 Å². The Labute approximate surface area is 150 Å². The smallest absolute Gasteiger partial charge is 0.326 e. The Kier molecular flexibility index (Phi) is 12.5. The van der Waals surface area contributed by atoms with Crippen LogP contribution in [0.15, 0.2) is 0 Å². The first kappa shape index (κ1) is 23.2. The van der Waals surface area contributed by atoms with Gasteiger partial charge in [-0.25, -0.2) is 9.59 Å². The van der Waals surface area contributed by atoms with Crippen LogP contribution in [0.3, 0.4) is 0 Å². The van der Waals surface area contributed by atoms with Crippen LogP contribution in [0.1, 0.15) is 59.3 Å². The maximum absolute atomic E-state index is 12.2. The van der Waals surface area contributed by atoms with E-state index in [0.717, 1.165) is 12.8 Å². The van der Waals surface area contributed by atoms with Crippen LogP contribution in [0.5, 0.6) is 0 Å². The molecule has 0 aliphatic heterocycles. The molecule has 0 spiro atoms. The molecular weight excluding hydrogens is 324 g/mol. The van der Waals surface area contributed by atoms with Crippen molar-refractivity contribution in [3.63, 3.8) is 0 Å². The predicted octanol–water partition coefficient (Wildman–Crippen LogP) is 1.20. The second-order valence-corrected chi connectivity index (χ2v) is 6.61. The van der Waals surface area contributed by atoms with E-state index in [4.69, 9.17) is 5.73 Å². The minimum absolute atomic E-state index is 0.243. The zero-order chi connectivity index (χ0) is 19.2. The number of hydrogen-bond donors (Lipinski definition) is 5.